The minimum Gasteiger partial charge on any atom is -0.494 e. The van der Waals surface area contributed by atoms with Crippen LogP contribution in [0, 0.1) is 0 Å². The topological polar surface area (TPSA) is 43.9 Å². The van der Waals surface area contributed by atoms with Crippen molar-refractivity contribution in [2.24, 2.45) is 5.11 Å². The molecule has 0 saturated carbocycles. The van der Waals surface area contributed by atoms with Gasteiger partial charge in [-0.3, -0.25) is 0 Å². The lowest BCUT2D eigenvalue weighted by Crippen LogP contribution is -1.89. The fourth-order valence-electron chi connectivity index (χ4n) is 0.776. The molecule has 0 heterocycles. The summed E-state index contributed by atoms with van der Waals surface area (Å²) in [6.45, 7) is 2.57. The predicted molar refractivity (Wildman–Crippen MR) is 41.8 cm³/mol. The van der Waals surface area contributed by atoms with E-state index in [0.717, 1.165) is 5.75 Å². The first-order valence-electron chi connectivity index (χ1n) is 3.44. The molecule has 0 unspecified atom stereocenters. The summed E-state index contributed by atoms with van der Waals surface area (Å²) in [6.07, 6.45) is 0. The first kappa shape index (κ1) is 7.72. The Hall–Kier alpha value is -1.38. The molecule has 1 rings (SSSR count). The van der Waals surface area contributed by atoms with E-state index in [4.69, 9.17) is 10.3 Å². The molecule has 0 saturated heterocycles. The molecule has 0 N–H and O–H groups in total. The van der Waals surface area contributed by atoms with Crippen LogP contribution in [-0.2, 0) is 0 Å². The smallest absolute Gasteiger partial charge is 0.119 e. The molecular formula is C8H9N2O. The van der Waals surface area contributed by atoms with Crippen molar-refractivity contribution in [3.63, 3.8) is 0 Å². The number of hydrogen-bond donors (Lipinski definition) is 0. The Kier molecular flexibility index (Phi) is 2.60. The van der Waals surface area contributed by atoms with E-state index >= 15 is 0 Å². The van der Waals surface area contributed by atoms with E-state index in [-0.39, 0.29) is 0 Å². The zero-order chi connectivity index (χ0) is 8.10. The number of benzene rings is 1. The highest BCUT2D eigenvalue weighted by Crippen LogP contribution is 2.16. The first-order chi connectivity index (χ1) is 5.36. The third-order valence-electron chi connectivity index (χ3n) is 1.26. The van der Waals surface area contributed by atoms with Gasteiger partial charge < -0.3 is 4.74 Å². The van der Waals surface area contributed by atoms with E-state index in [9.17, 15) is 0 Å². The second kappa shape index (κ2) is 3.71. The minimum absolute atomic E-state index is 0.536. The summed E-state index contributed by atoms with van der Waals surface area (Å²) in [5.41, 5.74) is 8.88. The molecular weight excluding hydrogens is 140 g/mol. The third kappa shape index (κ3) is 2.04. The van der Waals surface area contributed by atoms with Crippen LogP contribution >= 0.6 is 0 Å². The van der Waals surface area contributed by atoms with Crippen molar-refractivity contribution in [2.45, 2.75) is 6.92 Å². The van der Waals surface area contributed by atoms with Gasteiger partial charge in [0.25, 0.3) is 0 Å². The molecule has 1 radical (unpaired) electrons. The van der Waals surface area contributed by atoms with Crippen LogP contribution in [0.25, 0.3) is 0 Å². The van der Waals surface area contributed by atoms with Gasteiger partial charge in [-0.15, -0.1) is 5.11 Å². The number of nitrogens with zero attached hydrogens (tertiary/aromatic N) is 2. The van der Waals surface area contributed by atoms with Crippen LogP contribution in [0.5, 0.6) is 5.75 Å². The van der Waals surface area contributed by atoms with Gasteiger partial charge in [0.05, 0.1) is 12.3 Å². The summed E-state index contributed by atoms with van der Waals surface area (Å²) < 4.78 is 5.18. The van der Waals surface area contributed by atoms with Crippen molar-refractivity contribution in [2.75, 3.05) is 6.61 Å². The molecule has 57 valence electrons. The number of hydrogen-bond acceptors (Lipinski definition) is 2. The lowest BCUT2D eigenvalue weighted by molar-refractivity contribution is 0.340. The van der Waals surface area contributed by atoms with Gasteiger partial charge in [0, 0.05) is 0 Å². The van der Waals surface area contributed by atoms with Crippen molar-refractivity contribution in [3.05, 3.63) is 24.3 Å². The van der Waals surface area contributed by atoms with Crippen molar-refractivity contribution < 1.29 is 4.74 Å². The van der Waals surface area contributed by atoms with E-state index in [1.807, 2.05) is 6.92 Å². The van der Waals surface area contributed by atoms with E-state index in [1.165, 1.54) is 0 Å². The lowest BCUT2D eigenvalue weighted by atomic mass is 10.3. The molecule has 3 heteroatoms. The maximum atomic E-state index is 8.34. The Morgan fingerprint density at radius 3 is 2.45 bits per heavy atom. The summed E-state index contributed by atoms with van der Waals surface area (Å²) in [6, 6.07) is 6.90. The van der Waals surface area contributed by atoms with Crippen molar-refractivity contribution >= 4 is 5.69 Å². The molecule has 0 aromatic heterocycles. The van der Waals surface area contributed by atoms with Crippen molar-refractivity contribution in [1.82, 2.24) is 5.53 Å². The van der Waals surface area contributed by atoms with Crippen molar-refractivity contribution in [3.8, 4) is 5.75 Å². The van der Waals surface area contributed by atoms with Crippen LogP contribution in [0.2, 0.25) is 0 Å². The van der Waals surface area contributed by atoms with Gasteiger partial charge in [-0.25, -0.2) is 0 Å². The van der Waals surface area contributed by atoms with E-state index in [2.05, 4.69) is 5.11 Å². The molecule has 0 fully saturated rings. The van der Waals surface area contributed by atoms with Crippen LogP contribution in [0.1, 0.15) is 6.92 Å². The van der Waals surface area contributed by atoms with Gasteiger partial charge in [-0.05, 0) is 36.7 Å². The molecule has 3 nitrogen and oxygen atoms in total. The summed E-state index contributed by atoms with van der Waals surface area (Å²) >= 11 is 0. The monoisotopic (exact) mass is 149 g/mol. The molecule has 0 atom stereocenters. The van der Waals surface area contributed by atoms with Gasteiger partial charge in [0.1, 0.15) is 5.75 Å². The van der Waals surface area contributed by atoms with E-state index < -0.39 is 0 Å². The molecule has 0 amide bonds. The zero-order valence-corrected chi connectivity index (χ0v) is 6.32. The highest BCUT2D eigenvalue weighted by atomic mass is 16.5. The van der Waals surface area contributed by atoms with Gasteiger partial charge in [0.2, 0.25) is 0 Å². The third-order valence-corrected chi connectivity index (χ3v) is 1.26. The largest absolute Gasteiger partial charge is 0.494 e. The maximum absolute atomic E-state index is 8.34. The first-order valence-corrected chi connectivity index (χ1v) is 3.44. The highest BCUT2D eigenvalue weighted by Gasteiger charge is 1.91. The standard InChI is InChI=1S/C8H9N2O/c1-2-11-8-5-3-7(10-9)4-6-8/h3-6H,2H2,1H3. The van der Waals surface area contributed by atoms with E-state index in [0.29, 0.717) is 12.3 Å². The van der Waals surface area contributed by atoms with E-state index in [1.54, 1.807) is 24.3 Å². The van der Waals surface area contributed by atoms with Gasteiger partial charge in [-0.2, -0.15) is 0 Å². The maximum Gasteiger partial charge on any atom is 0.119 e. The minimum atomic E-state index is 0.536. The summed E-state index contributed by atoms with van der Waals surface area (Å²) in [7, 11) is 0. The Morgan fingerprint density at radius 2 is 2.00 bits per heavy atom. The summed E-state index contributed by atoms with van der Waals surface area (Å²) in [5.74, 6) is 0.792. The SMILES string of the molecule is CCOc1ccc(N=[N])cc1. The van der Waals surface area contributed by atoms with Crippen LogP contribution in [0.3, 0.4) is 0 Å². The molecule has 11 heavy (non-hydrogen) atoms. The average molecular weight is 149 g/mol. The fraction of sp³-hybridized carbons (Fsp3) is 0.250. The van der Waals surface area contributed by atoms with Crippen LogP contribution in [-0.4, -0.2) is 6.61 Å². The van der Waals surface area contributed by atoms with Gasteiger partial charge in [-0.1, -0.05) is 0 Å². The molecule has 0 aliphatic rings. The predicted octanol–water partition coefficient (Wildman–Crippen LogP) is 1.97. The Bertz CT molecular complexity index is 230. The number of ether oxygens (including phenoxy) is 1. The second-order valence-corrected chi connectivity index (χ2v) is 2.03. The van der Waals surface area contributed by atoms with Gasteiger partial charge >= 0.3 is 0 Å². The number of rotatable bonds is 3. The fourth-order valence-corrected chi connectivity index (χ4v) is 0.776. The molecule has 1 aromatic rings. The summed E-state index contributed by atoms with van der Waals surface area (Å²) in [5, 5.41) is 3.02. The molecule has 0 bridgehead atoms. The second-order valence-electron chi connectivity index (χ2n) is 2.03. The Labute approximate surface area is 65.5 Å². The molecule has 0 aliphatic carbocycles. The zero-order valence-electron chi connectivity index (χ0n) is 6.32. The summed E-state index contributed by atoms with van der Waals surface area (Å²) in [4.78, 5) is 0. The average Bonchev–Trinajstić information content (AvgIpc) is 2.07. The quantitative estimate of drug-likeness (QED) is 0.606. The molecule has 0 aliphatic heterocycles. The van der Waals surface area contributed by atoms with Crippen molar-refractivity contribution in [1.29, 1.82) is 0 Å². The lowest BCUT2D eigenvalue weighted by Gasteiger charge is -2.00. The normalized spacial score (nSPS) is 9.18. The van der Waals surface area contributed by atoms with Crippen LogP contribution in [0.4, 0.5) is 5.69 Å². The van der Waals surface area contributed by atoms with Gasteiger partial charge in [0.15, 0.2) is 0 Å². The molecule has 0 spiro atoms. The highest BCUT2D eigenvalue weighted by molar-refractivity contribution is 5.40. The Balaban J connectivity index is 2.74. The van der Waals surface area contributed by atoms with Crippen LogP contribution in [0.15, 0.2) is 29.4 Å². The Morgan fingerprint density at radius 1 is 1.36 bits per heavy atom. The van der Waals surface area contributed by atoms with Crippen LogP contribution < -0.4 is 10.3 Å². The molecule has 1 aromatic carbocycles.